The molecule has 0 aliphatic carbocycles. The van der Waals surface area contributed by atoms with Crippen molar-refractivity contribution in [2.24, 2.45) is 5.16 Å². The lowest BCUT2D eigenvalue weighted by Gasteiger charge is -2.16. The predicted octanol–water partition coefficient (Wildman–Crippen LogP) is 3.83. The third-order valence-electron chi connectivity index (χ3n) is 4.09. The first-order valence-electron chi connectivity index (χ1n) is 8.00. The molecule has 130 valence electrons. The minimum absolute atomic E-state index is 0.128. The molecular weight excluding hydrogens is 384 g/mol. The van der Waals surface area contributed by atoms with Crippen LogP contribution in [-0.4, -0.2) is 24.8 Å². The summed E-state index contributed by atoms with van der Waals surface area (Å²) in [4.78, 5) is 17.8. The number of carbonyl (C=O) groups excluding carboxylic acids is 1. The Morgan fingerprint density at radius 3 is 2.76 bits per heavy atom. The third kappa shape index (κ3) is 4.20. The minimum atomic E-state index is -0.602. The van der Waals surface area contributed by atoms with E-state index in [1.807, 2.05) is 55.5 Å². The van der Waals surface area contributed by atoms with Gasteiger partial charge in [0.15, 0.2) is 0 Å². The summed E-state index contributed by atoms with van der Waals surface area (Å²) in [6, 6.07) is 15.3. The van der Waals surface area contributed by atoms with Crippen LogP contribution < -0.4 is 10.1 Å². The Bertz CT molecular complexity index is 790. The molecule has 2 aromatic rings. The van der Waals surface area contributed by atoms with Gasteiger partial charge in [0.2, 0.25) is 6.10 Å². The van der Waals surface area contributed by atoms with Crippen LogP contribution in [0, 0.1) is 0 Å². The number of halogens is 1. The van der Waals surface area contributed by atoms with Crippen molar-refractivity contribution in [3.63, 3.8) is 0 Å². The van der Waals surface area contributed by atoms with Gasteiger partial charge >= 0.3 is 0 Å². The van der Waals surface area contributed by atoms with Crippen molar-refractivity contribution in [1.29, 1.82) is 0 Å². The molecular formula is C19H19BrN2O3. The number of ether oxygens (including phenoxy) is 1. The van der Waals surface area contributed by atoms with Crippen LogP contribution in [-0.2, 0) is 9.63 Å². The first-order chi connectivity index (χ1) is 12.1. The third-order valence-corrected chi connectivity index (χ3v) is 4.59. The molecule has 0 spiro atoms. The molecule has 5 nitrogen and oxygen atoms in total. The smallest absolute Gasteiger partial charge is 0.264 e. The number of carbonyl (C=O) groups is 1. The maximum absolute atomic E-state index is 12.5. The largest absolute Gasteiger partial charge is 0.497 e. The Labute approximate surface area is 155 Å². The molecule has 2 atom stereocenters. The zero-order valence-corrected chi connectivity index (χ0v) is 15.6. The van der Waals surface area contributed by atoms with Gasteiger partial charge in [-0.15, -0.1) is 0 Å². The average molecular weight is 403 g/mol. The standard InChI is InChI=1S/C19H19BrN2O3/c1-12(13-6-8-16(24-2)9-7-13)21-19(23)18-11-17(22-25-18)14-4-3-5-15(20)10-14/h3-10,12,18H,11H2,1-2H3,(H,21,23)/t12-,18+/m1/s1. The number of hydrogen-bond acceptors (Lipinski definition) is 4. The second-order valence-corrected chi connectivity index (χ2v) is 6.77. The highest BCUT2D eigenvalue weighted by Gasteiger charge is 2.29. The summed E-state index contributed by atoms with van der Waals surface area (Å²) in [7, 11) is 1.63. The van der Waals surface area contributed by atoms with E-state index in [2.05, 4.69) is 26.4 Å². The van der Waals surface area contributed by atoms with Crippen LogP contribution in [0.1, 0.15) is 30.5 Å². The first-order valence-corrected chi connectivity index (χ1v) is 8.79. The highest BCUT2D eigenvalue weighted by molar-refractivity contribution is 9.10. The number of oxime groups is 1. The van der Waals surface area contributed by atoms with Gasteiger partial charge in [0.25, 0.3) is 5.91 Å². The molecule has 25 heavy (non-hydrogen) atoms. The molecule has 0 bridgehead atoms. The van der Waals surface area contributed by atoms with E-state index in [9.17, 15) is 4.79 Å². The number of methoxy groups -OCH3 is 1. The van der Waals surface area contributed by atoms with Crippen LogP contribution >= 0.6 is 15.9 Å². The number of nitrogens with zero attached hydrogens (tertiary/aromatic N) is 1. The fourth-order valence-electron chi connectivity index (χ4n) is 2.64. The summed E-state index contributed by atoms with van der Waals surface area (Å²) in [5, 5.41) is 7.04. The van der Waals surface area contributed by atoms with Crippen molar-refractivity contribution in [2.75, 3.05) is 7.11 Å². The molecule has 0 saturated carbocycles. The molecule has 1 heterocycles. The van der Waals surface area contributed by atoms with Gasteiger partial charge in [0.05, 0.1) is 18.9 Å². The number of rotatable bonds is 5. The van der Waals surface area contributed by atoms with Crippen molar-refractivity contribution in [2.45, 2.75) is 25.5 Å². The maximum Gasteiger partial charge on any atom is 0.264 e. The summed E-state index contributed by atoms with van der Waals surface area (Å²) in [6.45, 7) is 1.94. The Morgan fingerprint density at radius 1 is 1.32 bits per heavy atom. The highest BCUT2D eigenvalue weighted by Crippen LogP contribution is 2.21. The van der Waals surface area contributed by atoms with Gasteiger partial charge in [-0.3, -0.25) is 4.79 Å². The molecule has 2 aromatic carbocycles. The summed E-state index contributed by atoms with van der Waals surface area (Å²) in [6.07, 6.45) is -0.146. The quantitative estimate of drug-likeness (QED) is 0.826. The predicted molar refractivity (Wildman–Crippen MR) is 99.7 cm³/mol. The number of hydrogen-bond donors (Lipinski definition) is 1. The van der Waals surface area contributed by atoms with Gasteiger partial charge < -0.3 is 14.9 Å². The van der Waals surface area contributed by atoms with E-state index in [0.717, 1.165) is 27.1 Å². The Morgan fingerprint density at radius 2 is 2.08 bits per heavy atom. The van der Waals surface area contributed by atoms with Gasteiger partial charge in [-0.1, -0.05) is 45.4 Å². The Balaban J connectivity index is 1.59. The van der Waals surface area contributed by atoms with E-state index in [1.165, 1.54) is 0 Å². The first kappa shape index (κ1) is 17.5. The van der Waals surface area contributed by atoms with Crippen molar-refractivity contribution in [3.05, 3.63) is 64.1 Å². The van der Waals surface area contributed by atoms with E-state index >= 15 is 0 Å². The summed E-state index contributed by atoms with van der Waals surface area (Å²) in [5.41, 5.74) is 2.73. The lowest BCUT2D eigenvalue weighted by atomic mass is 10.0. The maximum atomic E-state index is 12.5. The van der Waals surface area contributed by atoms with Gasteiger partial charge in [-0.05, 0) is 36.8 Å². The molecule has 6 heteroatoms. The molecule has 0 radical (unpaired) electrons. The zero-order chi connectivity index (χ0) is 17.8. The second-order valence-electron chi connectivity index (χ2n) is 5.85. The number of benzene rings is 2. The summed E-state index contributed by atoms with van der Waals surface area (Å²) in [5.74, 6) is 0.616. The van der Waals surface area contributed by atoms with Crippen molar-refractivity contribution in [1.82, 2.24) is 5.32 Å². The molecule has 3 rings (SSSR count). The van der Waals surface area contributed by atoms with E-state index < -0.39 is 6.10 Å². The summed E-state index contributed by atoms with van der Waals surface area (Å²) < 4.78 is 6.11. The van der Waals surface area contributed by atoms with Crippen LogP contribution in [0.4, 0.5) is 0 Å². The SMILES string of the molecule is COc1ccc([C@@H](C)NC(=O)[C@@H]2CC(c3cccc(Br)c3)=NO2)cc1. The average Bonchev–Trinajstić information content (AvgIpc) is 3.12. The minimum Gasteiger partial charge on any atom is -0.497 e. The lowest BCUT2D eigenvalue weighted by molar-refractivity contribution is -0.131. The van der Waals surface area contributed by atoms with Crippen LogP contribution in [0.5, 0.6) is 5.75 Å². The van der Waals surface area contributed by atoms with Crippen molar-refractivity contribution in [3.8, 4) is 5.75 Å². The van der Waals surface area contributed by atoms with E-state index in [1.54, 1.807) is 7.11 Å². The summed E-state index contributed by atoms with van der Waals surface area (Å²) >= 11 is 3.44. The zero-order valence-electron chi connectivity index (χ0n) is 14.0. The molecule has 1 N–H and O–H groups in total. The number of nitrogens with one attached hydrogen (secondary N) is 1. The molecule has 1 aliphatic rings. The monoisotopic (exact) mass is 402 g/mol. The van der Waals surface area contributed by atoms with Gasteiger partial charge in [0, 0.05) is 16.5 Å². The van der Waals surface area contributed by atoms with Gasteiger partial charge in [-0.25, -0.2) is 0 Å². The van der Waals surface area contributed by atoms with Crippen molar-refractivity contribution >= 4 is 27.5 Å². The highest BCUT2D eigenvalue weighted by atomic mass is 79.9. The lowest BCUT2D eigenvalue weighted by Crippen LogP contribution is -2.36. The Kier molecular flexibility index (Phi) is 5.38. The Hall–Kier alpha value is -2.34. The molecule has 0 unspecified atom stereocenters. The van der Waals surface area contributed by atoms with Crippen LogP contribution in [0.2, 0.25) is 0 Å². The fraction of sp³-hybridized carbons (Fsp3) is 0.263. The van der Waals surface area contributed by atoms with Crippen molar-refractivity contribution < 1.29 is 14.4 Å². The molecule has 0 aromatic heterocycles. The second kappa shape index (κ2) is 7.70. The molecule has 0 saturated heterocycles. The van der Waals surface area contributed by atoms with Gasteiger partial charge in [-0.2, -0.15) is 0 Å². The van der Waals surface area contributed by atoms with E-state index in [0.29, 0.717) is 6.42 Å². The number of amides is 1. The normalized spacial score (nSPS) is 17.4. The topological polar surface area (TPSA) is 59.9 Å². The van der Waals surface area contributed by atoms with Crippen LogP contribution in [0.25, 0.3) is 0 Å². The fourth-order valence-corrected chi connectivity index (χ4v) is 3.04. The molecule has 1 amide bonds. The van der Waals surface area contributed by atoms with Gasteiger partial charge in [0.1, 0.15) is 5.75 Å². The van der Waals surface area contributed by atoms with E-state index in [-0.39, 0.29) is 11.9 Å². The van der Waals surface area contributed by atoms with Crippen LogP contribution in [0.3, 0.4) is 0 Å². The van der Waals surface area contributed by atoms with Crippen LogP contribution in [0.15, 0.2) is 58.2 Å². The molecule has 1 aliphatic heterocycles. The molecule has 0 fully saturated rings. The van der Waals surface area contributed by atoms with E-state index in [4.69, 9.17) is 9.57 Å².